The van der Waals surface area contributed by atoms with E-state index in [4.69, 9.17) is 0 Å². The molecule has 1 fully saturated rings. The van der Waals surface area contributed by atoms with E-state index in [0.29, 0.717) is 6.04 Å². The maximum atomic E-state index is 3.50. The van der Waals surface area contributed by atoms with Crippen molar-refractivity contribution in [2.45, 2.75) is 46.1 Å². The van der Waals surface area contributed by atoms with E-state index in [1.165, 1.54) is 50.0 Å². The fraction of sp³-hybridized carbons (Fsp3) is 0.684. The molecule has 0 amide bonds. The van der Waals surface area contributed by atoms with Gasteiger partial charge in [-0.1, -0.05) is 38.1 Å². The smallest absolute Gasteiger partial charge is 0.0332 e. The van der Waals surface area contributed by atoms with Crippen molar-refractivity contribution in [1.29, 1.82) is 0 Å². The summed E-state index contributed by atoms with van der Waals surface area (Å²) in [6.45, 7) is 10.7. The second-order valence-electron chi connectivity index (χ2n) is 6.91. The zero-order chi connectivity index (χ0) is 15.2. The van der Waals surface area contributed by atoms with Gasteiger partial charge >= 0.3 is 0 Å². The summed E-state index contributed by atoms with van der Waals surface area (Å²) in [5.74, 6) is 1.79. The lowest BCUT2D eigenvalue weighted by Gasteiger charge is -2.34. The Balaban J connectivity index is 1.83. The molecular formula is C19H32N2. The molecule has 1 aromatic rings. The van der Waals surface area contributed by atoms with Crippen LogP contribution in [0.3, 0.4) is 0 Å². The highest BCUT2D eigenvalue weighted by Gasteiger charge is 2.22. The monoisotopic (exact) mass is 288 g/mol. The number of nitrogens with zero attached hydrogens (tertiary/aromatic N) is 1. The number of benzene rings is 1. The Labute approximate surface area is 130 Å². The van der Waals surface area contributed by atoms with Crippen LogP contribution in [0.5, 0.6) is 0 Å². The largest absolute Gasteiger partial charge is 0.313 e. The van der Waals surface area contributed by atoms with Crippen LogP contribution in [0.2, 0.25) is 0 Å². The first-order valence-corrected chi connectivity index (χ1v) is 8.57. The van der Waals surface area contributed by atoms with Crippen LogP contribution in [0.1, 0.15) is 50.3 Å². The molecule has 0 aromatic heterocycles. The minimum absolute atomic E-state index is 0.481. The first-order valence-electron chi connectivity index (χ1n) is 8.57. The molecule has 0 saturated carbocycles. The van der Waals surface area contributed by atoms with Crippen LogP contribution >= 0.6 is 0 Å². The van der Waals surface area contributed by atoms with E-state index in [9.17, 15) is 0 Å². The molecule has 0 radical (unpaired) electrons. The van der Waals surface area contributed by atoms with Gasteiger partial charge in [-0.2, -0.15) is 0 Å². The van der Waals surface area contributed by atoms with Gasteiger partial charge in [0.15, 0.2) is 0 Å². The lowest BCUT2D eigenvalue weighted by Crippen LogP contribution is -2.37. The van der Waals surface area contributed by atoms with E-state index in [-0.39, 0.29) is 0 Å². The molecule has 0 aliphatic carbocycles. The molecule has 1 aliphatic rings. The highest BCUT2D eigenvalue weighted by Crippen LogP contribution is 2.26. The molecule has 2 rings (SSSR count). The van der Waals surface area contributed by atoms with Crippen molar-refractivity contribution in [3.05, 3.63) is 35.4 Å². The van der Waals surface area contributed by atoms with Gasteiger partial charge in [0, 0.05) is 6.04 Å². The van der Waals surface area contributed by atoms with Crippen molar-refractivity contribution < 1.29 is 0 Å². The van der Waals surface area contributed by atoms with Crippen molar-refractivity contribution in [3.8, 4) is 0 Å². The number of hydrogen-bond acceptors (Lipinski definition) is 2. The van der Waals surface area contributed by atoms with Gasteiger partial charge in [0.25, 0.3) is 0 Å². The number of nitrogens with one attached hydrogen (secondary N) is 1. The molecule has 1 aromatic carbocycles. The van der Waals surface area contributed by atoms with E-state index < -0.39 is 0 Å². The Morgan fingerprint density at radius 2 is 1.86 bits per heavy atom. The second-order valence-corrected chi connectivity index (χ2v) is 6.91. The van der Waals surface area contributed by atoms with Crippen LogP contribution in [-0.4, -0.2) is 31.6 Å². The van der Waals surface area contributed by atoms with Gasteiger partial charge in [0.05, 0.1) is 0 Å². The predicted molar refractivity (Wildman–Crippen MR) is 91.6 cm³/mol. The van der Waals surface area contributed by atoms with Gasteiger partial charge in [-0.15, -0.1) is 0 Å². The molecule has 1 aliphatic heterocycles. The maximum Gasteiger partial charge on any atom is 0.0332 e. The van der Waals surface area contributed by atoms with Crippen LogP contribution in [0.15, 0.2) is 24.3 Å². The lowest BCUT2D eigenvalue weighted by molar-refractivity contribution is 0.153. The molecule has 2 nitrogen and oxygen atoms in total. The molecule has 1 heterocycles. The van der Waals surface area contributed by atoms with Crippen LogP contribution in [-0.2, 0) is 0 Å². The Bertz CT molecular complexity index is 419. The molecule has 2 heteroatoms. The highest BCUT2D eigenvalue weighted by atomic mass is 15.1. The van der Waals surface area contributed by atoms with Crippen molar-refractivity contribution in [2.75, 3.05) is 26.7 Å². The Kier molecular flexibility index (Phi) is 6.25. The molecule has 1 unspecified atom stereocenters. The molecule has 0 bridgehead atoms. The Morgan fingerprint density at radius 3 is 2.43 bits per heavy atom. The minimum Gasteiger partial charge on any atom is -0.313 e. The fourth-order valence-corrected chi connectivity index (χ4v) is 3.59. The van der Waals surface area contributed by atoms with Crippen molar-refractivity contribution in [3.63, 3.8) is 0 Å². The SMILES string of the molecule is CNC(CCN1CCC(C(C)C)CC1)c1ccccc1C. The second kappa shape index (κ2) is 7.95. The third-order valence-corrected chi connectivity index (χ3v) is 5.22. The standard InChI is InChI=1S/C19H32N2/c1-15(2)17-9-12-21(13-10-17)14-11-19(20-4)18-8-6-5-7-16(18)3/h5-8,15,17,19-20H,9-14H2,1-4H3. The molecule has 1 saturated heterocycles. The van der Waals surface area contributed by atoms with Crippen molar-refractivity contribution >= 4 is 0 Å². The summed E-state index contributed by atoms with van der Waals surface area (Å²) < 4.78 is 0. The topological polar surface area (TPSA) is 15.3 Å². The van der Waals surface area contributed by atoms with Crippen molar-refractivity contribution in [1.82, 2.24) is 10.2 Å². The summed E-state index contributed by atoms with van der Waals surface area (Å²) >= 11 is 0. The average molecular weight is 288 g/mol. The lowest BCUT2D eigenvalue weighted by atomic mass is 9.86. The zero-order valence-corrected chi connectivity index (χ0v) is 14.2. The molecule has 21 heavy (non-hydrogen) atoms. The summed E-state index contributed by atoms with van der Waals surface area (Å²) in [5.41, 5.74) is 2.85. The van der Waals surface area contributed by atoms with E-state index in [0.717, 1.165) is 11.8 Å². The summed E-state index contributed by atoms with van der Waals surface area (Å²) in [6.07, 6.45) is 3.96. The molecule has 1 N–H and O–H groups in total. The number of hydrogen-bond donors (Lipinski definition) is 1. The van der Waals surface area contributed by atoms with Gasteiger partial charge in [-0.3, -0.25) is 0 Å². The summed E-state index contributed by atoms with van der Waals surface area (Å²) in [4.78, 5) is 2.65. The number of likely N-dealkylation sites (tertiary alicyclic amines) is 1. The molecular weight excluding hydrogens is 256 g/mol. The Morgan fingerprint density at radius 1 is 1.19 bits per heavy atom. The van der Waals surface area contributed by atoms with E-state index in [1.54, 1.807) is 0 Å². The average Bonchev–Trinajstić information content (AvgIpc) is 2.50. The first kappa shape index (κ1) is 16.5. The van der Waals surface area contributed by atoms with E-state index in [2.05, 4.69) is 62.3 Å². The number of piperidine rings is 1. The Hall–Kier alpha value is -0.860. The van der Waals surface area contributed by atoms with Gasteiger partial charge in [0.2, 0.25) is 0 Å². The van der Waals surface area contributed by atoms with E-state index in [1.807, 2.05) is 0 Å². The fourth-order valence-electron chi connectivity index (χ4n) is 3.59. The molecule has 0 spiro atoms. The molecule has 1 atom stereocenters. The van der Waals surface area contributed by atoms with Gasteiger partial charge in [-0.05, 0) is 75.8 Å². The minimum atomic E-state index is 0.481. The van der Waals surface area contributed by atoms with Crippen LogP contribution in [0.25, 0.3) is 0 Å². The zero-order valence-electron chi connectivity index (χ0n) is 14.2. The normalized spacial score (nSPS) is 19.1. The van der Waals surface area contributed by atoms with Gasteiger partial charge < -0.3 is 10.2 Å². The predicted octanol–water partition coefficient (Wildman–Crippen LogP) is 4.01. The summed E-state index contributed by atoms with van der Waals surface area (Å²) in [6, 6.07) is 9.24. The van der Waals surface area contributed by atoms with Gasteiger partial charge in [-0.25, -0.2) is 0 Å². The van der Waals surface area contributed by atoms with Crippen LogP contribution in [0, 0.1) is 18.8 Å². The number of aryl methyl sites for hydroxylation is 1. The van der Waals surface area contributed by atoms with Crippen LogP contribution in [0.4, 0.5) is 0 Å². The van der Waals surface area contributed by atoms with Crippen molar-refractivity contribution in [2.24, 2.45) is 11.8 Å². The first-order chi connectivity index (χ1) is 10.1. The van der Waals surface area contributed by atoms with Crippen LogP contribution < -0.4 is 5.32 Å². The maximum absolute atomic E-state index is 3.50. The highest BCUT2D eigenvalue weighted by molar-refractivity contribution is 5.28. The summed E-state index contributed by atoms with van der Waals surface area (Å²) in [5, 5.41) is 3.50. The summed E-state index contributed by atoms with van der Waals surface area (Å²) in [7, 11) is 2.09. The van der Waals surface area contributed by atoms with E-state index >= 15 is 0 Å². The third kappa shape index (κ3) is 4.55. The van der Waals surface area contributed by atoms with Gasteiger partial charge in [0.1, 0.15) is 0 Å². The third-order valence-electron chi connectivity index (χ3n) is 5.22. The molecule has 118 valence electrons. The quantitative estimate of drug-likeness (QED) is 0.850. The number of rotatable bonds is 6.